The number of hydrogen-bond donors (Lipinski definition) is 2. The van der Waals surface area contributed by atoms with Crippen LogP contribution in [0.15, 0.2) is 54.6 Å². The van der Waals surface area contributed by atoms with Crippen molar-refractivity contribution in [2.24, 2.45) is 5.92 Å². The number of amides is 2. The van der Waals surface area contributed by atoms with Gasteiger partial charge in [0.15, 0.2) is 6.61 Å². The van der Waals surface area contributed by atoms with Crippen LogP contribution in [0.1, 0.15) is 42.2 Å². The Bertz CT molecular complexity index is 834. The predicted molar refractivity (Wildman–Crippen MR) is 113 cm³/mol. The zero-order valence-corrected chi connectivity index (χ0v) is 17.5. The summed E-state index contributed by atoms with van der Waals surface area (Å²) in [4.78, 5) is 36.2. The first-order chi connectivity index (χ1) is 14.4. The van der Waals surface area contributed by atoms with Crippen molar-refractivity contribution < 1.29 is 23.9 Å². The van der Waals surface area contributed by atoms with Gasteiger partial charge < -0.3 is 20.1 Å². The highest BCUT2D eigenvalue weighted by Crippen LogP contribution is 2.20. The fraction of sp³-hybridized carbons (Fsp3) is 0.348. The van der Waals surface area contributed by atoms with Crippen molar-refractivity contribution in [1.82, 2.24) is 10.6 Å². The van der Waals surface area contributed by atoms with E-state index >= 15 is 0 Å². The van der Waals surface area contributed by atoms with Gasteiger partial charge in [-0.05, 0) is 42.2 Å². The maximum Gasteiger partial charge on any atom is 0.325 e. The third kappa shape index (κ3) is 7.58. The van der Waals surface area contributed by atoms with Crippen LogP contribution in [0.2, 0.25) is 0 Å². The van der Waals surface area contributed by atoms with Crippen LogP contribution in [0.25, 0.3) is 0 Å². The Morgan fingerprint density at radius 2 is 1.63 bits per heavy atom. The number of ether oxygens (including phenoxy) is 2. The van der Waals surface area contributed by atoms with Crippen LogP contribution in [0.3, 0.4) is 0 Å². The van der Waals surface area contributed by atoms with E-state index in [-0.39, 0.29) is 18.5 Å². The van der Waals surface area contributed by atoms with E-state index in [0.717, 1.165) is 12.0 Å². The summed E-state index contributed by atoms with van der Waals surface area (Å²) in [6.45, 7) is 3.42. The third-order valence-electron chi connectivity index (χ3n) is 4.35. The number of rotatable bonds is 10. The number of nitrogens with one attached hydrogen (secondary N) is 2. The van der Waals surface area contributed by atoms with E-state index in [4.69, 9.17) is 9.47 Å². The summed E-state index contributed by atoms with van der Waals surface area (Å²) in [6, 6.07) is 16.0. The number of benzene rings is 2. The van der Waals surface area contributed by atoms with Crippen LogP contribution in [0.4, 0.5) is 0 Å². The van der Waals surface area contributed by atoms with Crippen LogP contribution in [-0.2, 0) is 14.3 Å². The molecular weight excluding hydrogens is 384 g/mol. The molecule has 7 heteroatoms. The first-order valence-corrected chi connectivity index (χ1v) is 9.81. The molecule has 1 atom stereocenters. The van der Waals surface area contributed by atoms with Crippen molar-refractivity contribution in [2.75, 3.05) is 20.3 Å². The molecule has 0 saturated heterocycles. The molecule has 0 fully saturated rings. The van der Waals surface area contributed by atoms with Gasteiger partial charge in [-0.2, -0.15) is 0 Å². The smallest absolute Gasteiger partial charge is 0.325 e. The normalized spacial score (nSPS) is 11.5. The van der Waals surface area contributed by atoms with E-state index in [0.29, 0.717) is 17.2 Å². The summed E-state index contributed by atoms with van der Waals surface area (Å²) < 4.78 is 10.0. The highest BCUT2D eigenvalue weighted by atomic mass is 16.5. The highest BCUT2D eigenvalue weighted by Gasteiger charge is 2.17. The van der Waals surface area contributed by atoms with Crippen molar-refractivity contribution in [3.05, 3.63) is 65.7 Å². The van der Waals surface area contributed by atoms with Gasteiger partial charge in [0, 0.05) is 5.56 Å². The van der Waals surface area contributed by atoms with Crippen LogP contribution in [0.5, 0.6) is 5.75 Å². The SMILES string of the molecule is COc1ccc(C(=O)NCC(=O)OCC(=O)N[C@H](CC(C)C)c2ccccc2)cc1. The molecule has 2 rings (SSSR count). The van der Waals surface area contributed by atoms with Crippen molar-refractivity contribution >= 4 is 17.8 Å². The zero-order valence-electron chi connectivity index (χ0n) is 17.5. The lowest BCUT2D eigenvalue weighted by molar-refractivity contribution is -0.147. The summed E-state index contributed by atoms with van der Waals surface area (Å²) in [7, 11) is 1.53. The molecule has 0 aromatic heterocycles. The molecule has 2 amide bonds. The van der Waals surface area contributed by atoms with Crippen LogP contribution >= 0.6 is 0 Å². The summed E-state index contributed by atoms with van der Waals surface area (Å²) >= 11 is 0. The van der Waals surface area contributed by atoms with Crippen LogP contribution in [-0.4, -0.2) is 38.0 Å². The van der Waals surface area contributed by atoms with Crippen molar-refractivity contribution in [2.45, 2.75) is 26.3 Å². The molecule has 0 aliphatic carbocycles. The molecule has 0 unspecified atom stereocenters. The predicted octanol–water partition coefficient (Wildman–Crippen LogP) is 2.87. The molecular formula is C23H28N2O5. The van der Waals surface area contributed by atoms with Gasteiger partial charge in [-0.15, -0.1) is 0 Å². The van der Waals surface area contributed by atoms with E-state index in [1.54, 1.807) is 24.3 Å². The first kappa shape index (κ1) is 22.9. The van der Waals surface area contributed by atoms with Gasteiger partial charge in [0.05, 0.1) is 13.2 Å². The van der Waals surface area contributed by atoms with Crippen LogP contribution < -0.4 is 15.4 Å². The number of carbonyl (C=O) groups excluding carboxylic acids is 3. The number of hydrogen-bond acceptors (Lipinski definition) is 5. The Morgan fingerprint density at radius 1 is 0.967 bits per heavy atom. The van der Waals surface area contributed by atoms with E-state index in [1.165, 1.54) is 7.11 Å². The summed E-state index contributed by atoms with van der Waals surface area (Å²) in [5.41, 5.74) is 1.39. The molecule has 0 radical (unpaired) electrons. The lowest BCUT2D eigenvalue weighted by Gasteiger charge is -2.21. The average molecular weight is 412 g/mol. The molecule has 0 aliphatic rings. The van der Waals surface area contributed by atoms with Gasteiger partial charge in [0.25, 0.3) is 11.8 Å². The maximum atomic E-state index is 12.2. The molecule has 0 aliphatic heterocycles. The van der Waals surface area contributed by atoms with E-state index in [1.807, 2.05) is 30.3 Å². The molecule has 30 heavy (non-hydrogen) atoms. The zero-order chi connectivity index (χ0) is 21.9. The van der Waals surface area contributed by atoms with Gasteiger partial charge in [-0.25, -0.2) is 0 Å². The van der Waals surface area contributed by atoms with E-state index in [2.05, 4.69) is 24.5 Å². The molecule has 0 heterocycles. The molecule has 0 saturated carbocycles. The fourth-order valence-electron chi connectivity index (χ4n) is 2.87. The molecule has 7 nitrogen and oxygen atoms in total. The van der Waals surface area contributed by atoms with Crippen molar-refractivity contribution in [3.8, 4) is 5.75 Å². The molecule has 0 spiro atoms. The molecule has 0 bridgehead atoms. The Hall–Kier alpha value is -3.35. The monoisotopic (exact) mass is 412 g/mol. The Kier molecular flexibility index (Phi) is 8.87. The Balaban J connectivity index is 1.78. The third-order valence-corrected chi connectivity index (χ3v) is 4.35. The highest BCUT2D eigenvalue weighted by molar-refractivity contribution is 5.96. The second-order valence-electron chi connectivity index (χ2n) is 7.23. The van der Waals surface area contributed by atoms with Gasteiger partial charge in [-0.3, -0.25) is 14.4 Å². The van der Waals surface area contributed by atoms with Gasteiger partial charge in [0.2, 0.25) is 0 Å². The topological polar surface area (TPSA) is 93.7 Å². The Labute approximate surface area is 176 Å². The van der Waals surface area contributed by atoms with Gasteiger partial charge in [0.1, 0.15) is 12.3 Å². The standard InChI is InChI=1S/C23H28N2O5/c1-16(2)13-20(17-7-5-4-6-8-17)25-21(26)15-30-22(27)14-24-23(28)18-9-11-19(29-3)12-10-18/h4-12,16,20H,13-15H2,1-3H3,(H,24,28)(H,25,26)/t20-/m1/s1. The summed E-state index contributed by atoms with van der Waals surface area (Å²) in [6.07, 6.45) is 0.765. The number of carbonyl (C=O) groups is 3. The number of esters is 1. The van der Waals surface area contributed by atoms with Crippen molar-refractivity contribution in [1.29, 1.82) is 0 Å². The molecule has 2 N–H and O–H groups in total. The second kappa shape index (κ2) is 11.6. The minimum atomic E-state index is -0.688. The van der Waals surface area contributed by atoms with Gasteiger partial charge in [-0.1, -0.05) is 44.2 Å². The van der Waals surface area contributed by atoms with Crippen LogP contribution in [0, 0.1) is 5.92 Å². The first-order valence-electron chi connectivity index (χ1n) is 9.81. The maximum absolute atomic E-state index is 12.2. The molecule has 2 aromatic carbocycles. The lowest BCUT2D eigenvalue weighted by Crippen LogP contribution is -2.35. The largest absolute Gasteiger partial charge is 0.497 e. The lowest BCUT2D eigenvalue weighted by atomic mass is 9.97. The quantitative estimate of drug-likeness (QED) is 0.585. The minimum Gasteiger partial charge on any atom is -0.497 e. The molecule has 160 valence electrons. The molecule has 2 aromatic rings. The van der Waals surface area contributed by atoms with Gasteiger partial charge >= 0.3 is 5.97 Å². The summed E-state index contributed by atoms with van der Waals surface area (Å²) in [5.74, 6) is -0.485. The Morgan fingerprint density at radius 3 is 2.23 bits per heavy atom. The summed E-state index contributed by atoms with van der Waals surface area (Å²) in [5, 5.41) is 5.37. The number of methoxy groups -OCH3 is 1. The van der Waals surface area contributed by atoms with E-state index < -0.39 is 18.5 Å². The minimum absolute atomic E-state index is 0.160. The van der Waals surface area contributed by atoms with Crippen molar-refractivity contribution in [3.63, 3.8) is 0 Å². The average Bonchev–Trinajstić information content (AvgIpc) is 2.76. The second-order valence-corrected chi connectivity index (χ2v) is 7.23. The van der Waals surface area contributed by atoms with E-state index in [9.17, 15) is 14.4 Å². The fourth-order valence-corrected chi connectivity index (χ4v) is 2.87.